The van der Waals surface area contributed by atoms with Crippen molar-refractivity contribution in [1.29, 1.82) is 0 Å². The van der Waals surface area contributed by atoms with Crippen molar-refractivity contribution in [3.05, 3.63) is 124 Å². The zero-order valence-electron chi connectivity index (χ0n) is 21.8. The summed E-state index contributed by atoms with van der Waals surface area (Å²) in [7, 11) is -1.58. The van der Waals surface area contributed by atoms with Gasteiger partial charge >= 0.3 is 0 Å². The molecule has 0 bridgehead atoms. The molecule has 2 heterocycles. The van der Waals surface area contributed by atoms with Crippen LogP contribution < -0.4 is 4.90 Å². The van der Waals surface area contributed by atoms with Gasteiger partial charge in [-0.2, -0.15) is 0 Å². The largest absolute Gasteiger partial charge is 0.336 e. The lowest BCUT2D eigenvalue weighted by atomic mass is 10.1. The lowest BCUT2D eigenvalue weighted by Crippen LogP contribution is -2.48. The molecule has 40 heavy (non-hydrogen) atoms. The van der Waals surface area contributed by atoms with Crippen molar-refractivity contribution < 1.29 is 13.8 Å². The number of nitrogens with zero attached hydrogens (tertiary/aromatic N) is 3. The number of hydrogen-bond donors (Lipinski definition) is 0. The first-order chi connectivity index (χ1) is 19.5. The van der Waals surface area contributed by atoms with E-state index in [0.717, 1.165) is 25.2 Å². The van der Waals surface area contributed by atoms with Gasteiger partial charge in [-0.3, -0.25) is 14.5 Å². The normalized spacial score (nSPS) is 17.2. The predicted molar refractivity (Wildman–Crippen MR) is 157 cm³/mol. The topological polar surface area (TPSA) is 60.9 Å². The van der Waals surface area contributed by atoms with Crippen molar-refractivity contribution in [3.63, 3.8) is 0 Å². The van der Waals surface area contributed by atoms with Gasteiger partial charge in [0.05, 0.1) is 38.4 Å². The molecule has 6 rings (SSSR count). The molecule has 0 N–H and O–H groups in total. The summed E-state index contributed by atoms with van der Waals surface area (Å²) in [5.41, 5.74) is 3.50. The molecule has 0 spiro atoms. The summed E-state index contributed by atoms with van der Waals surface area (Å²) in [6.07, 6.45) is 0. The summed E-state index contributed by atoms with van der Waals surface area (Å²) in [4.78, 5) is 34.3. The average Bonchev–Trinajstić information content (AvgIpc) is 3.08. The second kappa shape index (κ2) is 11.4. The van der Waals surface area contributed by atoms with Gasteiger partial charge in [0.15, 0.2) is 0 Å². The zero-order valence-corrected chi connectivity index (χ0v) is 23.4. The molecule has 1 atom stereocenters. The minimum absolute atomic E-state index is 0.0893. The Balaban J connectivity index is 1.28. The van der Waals surface area contributed by atoms with Crippen molar-refractivity contribution in [3.8, 4) is 0 Å². The summed E-state index contributed by atoms with van der Waals surface area (Å²) >= 11 is 6.09. The highest BCUT2D eigenvalue weighted by Crippen LogP contribution is 2.36. The van der Waals surface area contributed by atoms with Crippen molar-refractivity contribution in [2.75, 3.05) is 31.1 Å². The minimum Gasteiger partial charge on any atom is -0.336 e. The monoisotopic (exact) mass is 569 g/mol. The molecule has 0 aromatic heterocycles. The van der Waals surface area contributed by atoms with E-state index in [1.54, 1.807) is 59.5 Å². The second-order valence-corrected chi connectivity index (χ2v) is 11.9. The number of hydrogen-bond acceptors (Lipinski definition) is 4. The number of amides is 2. The maximum atomic E-state index is 13.8. The molecule has 6 nitrogen and oxygen atoms in total. The van der Waals surface area contributed by atoms with Crippen LogP contribution in [0.3, 0.4) is 0 Å². The molecule has 4 aromatic carbocycles. The Morgan fingerprint density at radius 3 is 2.17 bits per heavy atom. The van der Waals surface area contributed by atoms with Crippen LogP contribution in [0.2, 0.25) is 5.02 Å². The van der Waals surface area contributed by atoms with E-state index in [2.05, 4.69) is 17.0 Å². The van der Waals surface area contributed by atoms with Gasteiger partial charge in [-0.05, 0) is 53.6 Å². The van der Waals surface area contributed by atoms with Crippen LogP contribution in [-0.4, -0.2) is 52.0 Å². The van der Waals surface area contributed by atoms with Crippen LogP contribution in [0, 0.1) is 0 Å². The maximum Gasteiger partial charge on any atom is 0.259 e. The molecule has 4 aromatic rings. The fourth-order valence-electron chi connectivity index (χ4n) is 5.26. The Bertz CT molecular complexity index is 1590. The van der Waals surface area contributed by atoms with Gasteiger partial charge in [0.25, 0.3) is 11.8 Å². The van der Waals surface area contributed by atoms with Gasteiger partial charge in [-0.15, -0.1) is 0 Å². The molecular weight excluding hydrogens is 542 g/mol. The third kappa shape index (κ3) is 5.32. The highest BCUT2D eigenvalue weighted by molar-refractivity contribution is 7.85. The quantitative estimate of drug-likeness (QED) is 0.313. The predicted octanol–water partition coefficient (Wildman–Crippen LogP) is 5.63. The molecule has 2 aliphatic rings. The average molecular weight is 570 g/mol. The molecule has 0 aliphatic carbocycles. The maximum absolute atomic E-state index is 13.8. The zero-order chi connectivity index (χ0) is 27.6. The Kier molecular flexibility index (Phi) is 7.52. The Labute approximate surface area is 241 Å². The number of fused-ring (bicyclic) bond motifs is 2. The van der Waals surface area contributed by atoms with Crippen LogP contribution in [-0.2, 0) is 23.9 Å². The lowest BCUT2D eigenvalue weighted by molar-refractivity contribution is 0.0628. The van der Waals surface area contributed by atoms with E-state index in [-0.39, 0.29) is 18.4 Å². The summed E-state index contributed by atoms with van der Waals surface area (Å²) in [5, 5.41) is 0.606. The number of piperazine rings is 1. The fourth-order valence-corrected chi connectivity index (χ4v) is 6.73. The Morgan fingerprint density at radius 2 is 1.43 bits per heavy atom. The first-order valence-corrected chi connectivity index (χ1v) is 14.8. The summed E-state index contributed by atoms with van der Waals surface area (Å²) in [6, 6.07) is 29.8. The van der Waals surface area contributed by atoms with E-state index < -0.39 is 10.8 Å². The van der Waals surface area contributed by atoms with Crippen molar-refractivity contribution in [1.82, 2.24) is 9.80 Å². The van der Waals surface area contributed by atoms with E-state index in [1.807, 2.05) is 35.2 Å². The number of rotatable bonds is 5. The van der Waals surface area contributed by atoms with E-state index in [1.165, 1.54) is 5.56 Å². The highest BCUT2D eigenvalue weighted by atomic mass is 35.5. The molecular formula is C32H28ClN3O3S. The number of benzene rings is 4. The van der Waals surface area contributed by atoms with Crippen LogP contribution in [0.25, 0.3) is 0 Å². The summed E-state index contributed by atoms with van der Waals surface area (Å²) in [5.74, 6) is -0.342. The fraction of sp³-hybridized carbons (Fsp3) is 0.188. The van der Waals surface area contributed by atoms with Gasteiger partial charge in [0.2, 0.25) is 0 Å². The molecule has 8 heteroatoms. The van der Waals surface area contributed by atoms with E-state index in [4.69, 9.17) is 11.6 Å². The summed E-state index contributed by atoms with van der Waals surface area (Å²) in [6.45, 7) is 3.92. The molecule has 202 valence electrons. The van der Waals surface area contributed by atoms with Crippen LogP contribution in [0.5, 0.6) is 0 Å². The standard InChI is InChI=1S/C32H28ClN3O3S/c33-26-13-10-24(11-14-26)22-36-28-20-25(12-15-30(28)40(39)29-9-5-4-8-27(29)32(36)38)31(37)35-18-16-34(17-19-35)21-23-6-2-1-3-7-23/h1-15,20H,16-19,21-22H2/t40-/m1/s1. The van der Waals surface area contributed by atoms with Crippen LogP contribution in [0.4, 0.5) is 5.69 Å². The minimum atomic E-state index is -1.58. The summed E-state index contributed by atoms with van der Waals surface area (Å²) < 4.78 is 13.7. The van der Waals surface area contributed by atoms with Gasteiger partial charge in [-0.1, -0.05) is 66.2 Å². The number of halogens is 1. The van der Waals surface area contributed by atoms with E-state index >= 15 is 0 Å². The second-order valence-electron chi connectivity index (χ2n) is 10.0. The molecule has 0 unspecified atom stereocenters. The third-order valence-electron chi connectivity index (χ3n) is 7.42. The first-order valence-electron chi connectivity index (χ1n) is 13.2. The van der Waals surface area contributed by atoms with Crippen LogP contribution in [0.15, 0.2) is 107 Å². The van der Waals surface area contributed by atoms with Gasteiger partial charge < -0.3 is 9.80 Å². The lowest BCUT2D eigenvalue weighted by Gasteiger charge is -2.35. The SMILES string of the molecule is O=C(c1ccc2c(c1)N(Cc1ccc(Cl)cc1)C(=O)c1ccccc1[S@]2=O)N1CCN(Cc2ccccc2)CC1. The Hall–Kier alpha value is -3.78. The first kappa shape index (κ1) is 26.4. The highest BCUT2D eigenvalue weighted by Gasteiger charge is 2.32. The smallest absolute Gasteiger partial charge is 0.259 e. The Morgan fingerprint density at radius 1 is 0.750 bits per heavy atom. The van der Waals surface area contributed by atoms with E-state index in [0.29, 0.717) is 44.7 Å². The number of carbonyl (C=O) groups excluding carboxylic acids is 2. The van der Waals surface area contributed by atoms with Crippen LogP contribution in [0.1, 0.15) is 31.8 Å². The molecule has 1 saturated heterocycles. The van der Waals surface area contributed by atoms with Crippen molar-refractivity contribution >= 4 is 39.9 Å². The molecule has 0 saturated carbocycles. The molecule has 1 fully saturated rings. The van der Waals surface area contributed by atoms with Gasteiger partial charge in [0, 0.05) is 43.3 Å². The van der Waals surface area contributed by atoms with Crippen molar-refractivity contribution in [2.24, 2.45) is 0 Å². The molecule has 0 radical (unpaired) electrons. The molecule has 2 amide bonds. The van der Waals surface area contributed by atoms with Gasteiger partial charge in [0.1, 0.15) is 0 Å². The van der Waals surface area contributed by atoms with Crippen molar-refractivity contribution in [2.45, 2.75) is 22.9 Å². The van der Waals surface area contributed by atoms with E-state index in [9.17, 15) is 13.8 Å². The van der Waals surface area contributed by atoms with Gasteiger partial charge in [-0.25, -0.2) is 4.21 Å². The number of anilines is 1. The van der Waals surface area contributed by atoms with Crippen LogP contribution >= 0.6 is 11.6 Å². The third-order valence-corrected chi connectivity index (χ3v) is 9.17. The number of carbonyl (C=O) groups is 2. The molecule has 2 aliphatic heterocycles.